The van der Waals surface area contributed by atoms with Gasteiger partial charge in [-0.2, -0.15) is 4.83 Å². The highest BCUT2D eigenvalue weighted by Crippen LogP contribution is 2.20. The van der Waals surface area contributed by atoms with Crippen molar-refractivity contribution in [2.45, 2.75) is 11.8 Å². The molecule has 1 rings (SSSR count). The van der Waals surface area contributed by atoms with Crippen LogP contribution in [0.4, 0.5) is 4.39 Å². The van der Waals surface area contributed by atoms with Gasteiger partial charge in [-0.25, -0.2) is 17.6 Å². The van der Waals surface area contributed by atoms with Crippen molar-refractivity contribution in [1.82, 2.24) is 4.83 Å². The Morgan fingerprint density at radius 2 is 2.06 bits per heavy atom. The maximum Gasteiger partial charge on any atom is 0.335 e. The van der Waals surface area contributed by atoms with Crippen LogP contribution in [0.5, 0.6) is 0 Å². The van der Waals surface area contributed by atoms with E-state index in [1.807, 2.05) is 0 Å². The quantitative estimate of drug-likeness (QED) is 0.514. The minimum Gasteiger partial charge on any atom is -0.478 e. The summed E-state index contributed by atoms with van der Waals surface area (Å²) in [4.78, 5) is 11.6. The van der Waals surface area contributed by atoms with Gasteiger partial charge < -0.3 is 5.11 Å². The molecule has 0 saturated carbocycles. The number of halogens is 1. The van der Waals surface area contributed by atoms with E-state index < -0.39 is 32.3 Å². The number of carboxylic acids is 1. The molecule has 0 saturated heterocycles. The van der Waals surface area contributed by atoms with Gasteiger partial charge in [0, 0.05) is 5.56 Å². The Balaban J connectivity index is 3.57. The molecule has 0 aliphatic heterocycles. The number of aromatic carboxylic acids is 1. The lowest BCUT2D eigenvalue weighted by molar-refractivity contribution is 0.0696. The summed E-state index contributed by atoms with van der Waals surface area (Å²) < 4.78 is 36.0. The third-order valence-electron chi connectivity index (χ3n) is 1.99. The predicted molar refractivity (Wildman–Crippen MR) is 52.6 cm³/mol. The van der Waals surface area contributed by atoms with Gasteiger partial charge in [-0.05, 0) is 19.1 Å². The monoisotopic (exact) mass is 248 g/mol. The van der Waals surface area contributed by atoms with Crippen LogP contribution in [0.3, 0.4) is 0 Å². The number of carbonyl (C=O) groups is 1. The molecule has 88 valence electrons. The number of hydrogen-bond donors (Lipinski definition) is 3. The molecule has 0 atom stereocenters. The second kappa shape index (κ2) is 4.16. The van der Waals surface area contributed by atoms with Gasteiger partial charge in [0.15, 0.2) is 0 Å². The first-order valence-electron chi connectivity index (χ1n) is 4.05. The minimum atomic E-state index is -4.08. The average Bonchev–Trinajstić information content (AvgIpc) is 2.21. The lowest BCUT2D eigenvalue weighted by atomic mass is 10.1. The number of benzene rings is 1. The molecule has 8 heteroatoms. The number of hydrogen-bond acceptors (Lipinski definition) is 4. The molecule has 0 heterocycles. The van der Waals surface area contributed by atoms with Crippen molar-refractivity contribution in [3.05, 3.63) is 29.1 Å². The van der Waals surface area contributed by atoms with Crippen molar-refractivity contribution in [3.63, 3.8) is 0 Å². The molecule has 0 bridgehead atoms. The Morgan fingerprint density at radius 1 is 1.50 bits per heavy atom. The molecule has 0 radical (unpaired) electrons. The standard InChI is InChI=1S/C8H9FN2O4S/c1-4-6(9)2-5(8(12)13)3-7(4)16(14,15)11-10/h2-3,11H,10H2,1H3,(H,12,13). The number of nitrogens with two attached hydrogens (primary N) is 1. The van der Waals surface area contributed by atoms with Gasteiger partial charge >= 0.3 is 5.97 Å². The van der Waals surface area contributed by atoms with E-state index in [0.717, 1.165) is 12.1 Å². The number of carboxylic acid groups (broad SMARTS) is 1. The Hall–Kier alpha value is -1.51. The first kappa shape index (κ1) is 12.6. The second-order valence-electron chi connectivity index (χ2n) is 3.01. The molecule has 0 unspecified atom stereocenters. The Kier molecular flexibility index (Phi) is 3.27. The summed E-state index contributed by atoms with van der Waals surface area (Å²) >= 11 is 0. The third-order valence-corrected chi connectivity index (χ3v) is 3.30. The van der Waals surface area contributed by atoms with Gasteiger partial charge in [-0.1, -0.05) is 0 Å². The van der Waals surface area contributed by atoms with Crippen molar-refractivity contribution < 1.29 is 22.7 Å². The summed E-state index contributed by atoms with van der Waals surface area (Å²) in [6.45, 7) is 1.21. The molecule has 0 aromatic heterocycles. The van der Waals surface area contributed by atoms with Crippen LogP contribution in [0.15, 0.2) is 17.0 Å². The van der Waals surface area contributed by atoms with E-state index in [1.165, 1.54) is 11.8 Å². The maximum absolute atomic E-state index is 13.3. The topological polar surface area (TPSA) is 109 Å². The zero-order chi connectivity index (χ0) is 12.5. The van der Waals surface area contributed by atoms with Gasteiger partial charge in [0.05, 0.1) is 10.5 Å². The fraction of sp³-hybridized carbons (Fsp3) is 0.125. The van der Waals surface area contributed by atoms with Crippen molar-refractivity contribution in [2.75, 3.05) is 0 Å². The number of hydrazine groups is 1. The number of sulfonamides is 1. The molecule has 4 N–H and O–H groups in total. The zero-order valence-corrected chi connectivity index (χ0v) is 9.01. The van der Waals surface area contributed by atoms with Crippen LogP contribution in [0.1, 0.15) is 15.9 Å². The smallest absolute Gasteiger partial charge is 0.335 e. The summed E-state index contributed by atoms with van der Waals surface area (Å²) in [6, 6.07) is 1.59. The normalized spacial score (nSPS) is 11.4. The molecule has 16 heavy (non-hydrogen) atoms. The first-order valence-corrected chi connectivity index (χ1v) is 5.53. The third kappa shape index (κ3) is 2.18. The largest absolute Gasteiger partial charge is 0.478 e. The summed E-state index contributed by atoms with van der Waals surface area (Å²) in [6.07, 6.45) is 0. The van der Waals surface area contributed by atoms with Crippen LogP contribution in [-0.4, -0.2) is 19.5 Å². The molecule has 1 aromatic carbocycles. The summed E-state index contributed by atoms with van der Waals surface area (Å²) in [5, 5.41) is 8.65. The Labute approximate surface area is 90.9 Å². The molecule has 0 aliphatic carbocycles. The van der Waals surface area contributed by atoms with Crippen molar-refractivity contribution in [1.29, 1.82) is 0 Å². The van der Waals surface area contributed by atoms with E-state index >= 15 is 0 Å². The van der Waals surface area contributed by atoms with E-state index in [4.69, 9.17) is 10.9 Å². The van der Waals surface area contributed by atoms with Crippen LogP contribution in [0.25, 0.3) is 0 Å². The molecule has 0 spiro atoms. The molecule has 1 aromatic rings. The van der Waals surface area contributed by atoms with Crippen molar-refractivity contribution >= 4 is 16.0 Å². The van der Waals surface area contributed by atoms with E-state index in [1.54, 1.807) is 0 Å². The second-order valence-corrected chi connectivity index (χ2v) is 4.69. The predicted octanol–water partition coefficient (Wildman–Crippen LogP) is -0.0157. The Morgan fingerprint density at radius 3 is 2.50 bits per heavy atom. The summed E-state index contributed by atoms with van der Waals surface area (Å²) in [5.41, 5.74) is -0.653. The zero-order valence-electron chi connectivity index (χ0n) is 8.19. The molecule has 0 fully saturated rings. The van der Waals surface area contributed by atoms with E-state index in [-0.39, 0.29) is 5.56 Å². The SMILES string of the molecule is Cc1c(F)cc(C(=O)O)cc1S(=O)(=O)NN. The van der Waals surface area contributed by atoms with Crippen LogP contribution in [0.2, 0.25) is 0 Å². The highest BCUT2D eigenvalue weighted by Gasteiger charge is 2.20. The fourth-order valence-corrected chi connectivity index (χ4v) is 2.03. The van der Waals surface area contributed by atoms with Crippen molar-refractivity contribution in [2.24, 2.45) is 5.84 Å². The van der Waals surface area contributed by atoms with Crippen molar-refractivity contribution in [3.8, 4) is 0 Å². The molecular weight excluding hydrogens is 239 g/mol. The van der Waals surface area contributed by atoms with Gasteiger partial charge in [-0.3, -0.25) is 5.84 Å². The van der Waals surface area contributed by atoms with Crippen LogP contribution >= 0.6 is 0 Å². The van der Waals surface area contributed by atoms with Gasteiger partial charge in [0.2, 0.25) is 0 Å². The van der Waals surface area contributed by atoms with Crippen LogP contribution in [0, 0.1) is 12.7 Å². The highest BCUT2D eigenvalue weighted by atomic mass is 32.2. The maximum atomic E-state index is 13.3. The average molecular weight is 248 g/mol. The molecule has 0 amide bonds. The van der Waals surface area contributed by atoms with Crippen LogP contribution in [-0.2, 0) is 10.0 Å². The van der Waals surface area contributed by atoms with E-state index in [2.05, 4.69) is 0 Å². The molecule has 6 nitrogen and oxygen atoms in total. The summed E-state index contributed by atoms with van der Waals surface area (Å²) in [7, 11) is -4.08. The van der Waals surface area contributed by atoms with E-state index in [0.29, 0.717) is 0 Å². The van der Waals surface area contributed by atoms with Gasteiger partial charge in [0.25, 0.3) is 10.0 Å². The number of rotatable bonds is 3. The van der Waals surface area contributed by atoms with E-state index in [9.17, 15) is 17.6 Å². The van der Waals surface area contributed by atoms with Gasteiger partial charge in [-0.15, -0.1) is 0 Å². The number of nitrogens with one attached hydrogen (secondary N) is 1. The molecular formula is C8H9FN2O4S. The molecule has 0 aliphatic rings. The Bertz CT molecular complexity index is 541. The van der Waals surface area contributed by atoms with Crippen LogP contribution < -0.4 is 10.7 Å². The lowest BCUT2D eigenvalue weighted by Crippen LogP contribution is -2.31. The highest BCUT2D eigenvalue weighted by molar-refractivity contribution is 7.89. The first-order chi connectivity index (χ1) is 7.29. The fourth-order valence-electron chi connectivity index (χ4n) is 1.12. The minimum absolute atomic E-state index is 0.192. The van der Waals surface area contributed by atoms with Gasteiger partial charge in [0.1, 0.15) is 5.82 Å². The lowest BCUT2D eigenvalue weighted by Gasteiger charge is -2.08. The summed E-state index contributed by atoms with van der Waals surface area (Å²) in [5.74, 6) is 2.43.